The van der Waals surface area contributed by atoms with Crippen LogP contribution >= 0.6 is 11.8 Å². The summed E-state index contributed by atoms with van der Waals surface area (Å²) >= 11 is 1.64. The maximum Gasteiger partial charge on any atom is 0.118 e. The van der Waals surface area contributed by atoms with E-state index in [1.165, 1.54) is 23.2 Å². The van der Waals surface area contributed by atoms with Crippen LogP contribution < -0.4 is 15.8 Å². The van der Waals surface area contributed by atoms with Crippen molar-refractivity contribution >= 4 is 11.8 Å². The minimum Gasteiger partial charge on any atom is -0.497 e. The summed E-state index contributed by atoms with van der Waals surface area (Å²) in [6.07, 6.45) is 6.69. The summed E-state index contributed by atoms with van der Waals surface area (Å²) in [6, 6.07) is 19.5. The molecule has 2 aliphatic rings. The van der Waals surface area contributed by atoms with Gasteiger partial charge in [-0.2, -0.15) is 0 Å². The summed E-state index contributed by atoms with van der Waals surface area (Å²) in [7, 11) is 1.72. The third-order valence-electron chi connectivity index (χ3n) is 5.96. The van der Waals surface area contributed by atoms with Crippen LogP contribution in [0.5, 0.6) is 5.75 Å². The zero-order valence-corrected chi connectivity index (χ0v) is 17.8. The molecule has 2 aromatic carbocycles. The highest BCUT2D eigenvalue weighted by molar-refractivity contribution is 8.05. The average molecular weight is 407 g/mol. The van der Waals surface area contributed by atoms with Gasteiger partial charge in [-0.25, -0.2) is 0 Å². The van der Waals surface area contributed by atoms with E-state index in [1.807, 2.05) is 0 Å². The van der Waals surface area contributed by atoms with Crippen molar-refractivity contribution < 1.29 is 4.74 Å². The van der Waals surface area contributed by atoms with Gasteiger partial charge in [-0.05, 0) is 66.2 Å². The number of ether oxygens (including phenoxy) is 1. The Morgan fingerprint density at radius 1 is 1.14 bits per heavy atom. The standard InChI is InChI=1S/C25H30N2OS/c1-28-21-12-10-19(11-13-21)23(24-17-29-25(26)9-5-6-14-27-24)16-20-15-22(20)18-7-3-2-4-8-18/h2-4,7-13,17,20,22-23,27H,5-6,14-16,26H2,1H3/b24-17-,25-9-. The number of nitrogens with one attached hydrogen (secondary N) is 1. The summed E-state index contributed by atoms with van der Waals surface area (Å²) < 4.78 is 5.37. The van der Waals surface area contributed by atoms with Gasteiger partial charge in [0.2, 0.25) is 0 Å². The normalized spacial score (nSPS) is 26.4. The first kappa shape index (κ1) is 20.0. The maximum absolute atomic E-state index is 6.16. The molecule has 3 N–H and O–H groups in total. The van der Waals surface area contributed by atoms with Gasteiger partial charge in [0.15, 0.2) is 0 Å². The molecule has 29 heavy (non-hydrogen) atoms. The Kier molecular flexibility index (Phi) is 6.50. The molecular weight excluding hydrogens is 376 g/mol. The fourth-order valence-corrected chi connectivity index (χ4v) is 4.93. The molecule has 1 fully saturated rings. The van der Waals surface area contributed by atoms with Gasteiger partial charge in [-0.15, -0.1) is 0 Å². The fraction of sp³-hybridized carbons (Fsp3) is 0.360. The Bertz CT molecular complexity index is 860. The predicted molar refractivity (Wildman–Crippen MR) is 123 cm³/mol. The number of benzene rings is 2. The van der Waals surface area contributed by atoms with Crippen molar-refractivity contribution in [2.24, 2.45) is 11.7 Å². The van der Waals surface area contributed by atoms with Crippen LogP contribution in [-0.4, -0.2) is 13.7 Å². The lowest BCUT2D eigenvalue weighted by Crippen LogP contribution is -2.21. The second kappa shape index (κ2) is 9.45. The third kappa shape index (κ3) is 5.18. The summed E-state index contributed by atoms with van der Waals surface area (Å²) in [5.74, 6) is 2.65. The molecule has 3 nitrogen and oxygen atoms in total. The molecule has 0 bridgehead atoms. The Labute approximate surface area is 178 Å². The Morgan fingerprint density at radius 2 is 1.93 bits per heavy atom. The summed E-state index contributed by atoms with van der Waals surface area (Å²) in [4.78, 5) is 0. The van der Waals surface area contributed by atoms with Crippen LogP contribution in [0.3, 0.4) is 0 Å². The van der Waals surface area contributed by atoms with Crippen LogP contribution in [-0.2, 0) is 0 Å². The highest BCUT2D eigenvalue weighted by Crippen LogP contribution is 2.53. The lowest BCUT2D eigenvalue weighted by Gasteiger charge is -2.23. The predicted octanol–water partition coefficient (Wildman–Crippen LogP) is 5.73. The highest BCUT2D eigenvalue weighted by Gasteiger charge is 2.40. The first-order valence-corrected chi connectivity index (χ1v) is 11.4. The van der Waals surface area contributed by atoms with E-state index in [1.54, 1.807) is 18.9 Å². The van der Waals surface area contributed by atoms with Crippen LogP contribution in [0.2, 0.25) is 0 Å². The monoisotopic (exact) mass is 406 g/mol. The van der Waals surface area contributed by atoms with Gasteiger partial charge >= 0.3 is 0 Å². The number of hydrogen-bond donors (Lipinski definition) is 2. The first-order chi connectivity index (χ1) is 14.2. The molecule has 3 unspecified atom stereocenters. The number of hydrogen-bond acceptors (Lipinski definition) is 4. The van der Waals surface area contributed by atoms with E-state index in [4.69, 9.17) is 10.5 Å². The number of nitrogens with two attached hydrogens (primary N) is 1. The third-order valence-corrected chi connectivity index (χ3v) is 6.77. The molecule has 4 heteroatoms. The van der Waals surface area contributed by atoms with E-state index in [0.717, 1.165) is 42.5 Å². The van der Waals surface area contributed by atoms with Crippen LogP contribution in [0.25, 0.3) is 0 Å². The first-order valence-electron chi connectivity index (χ1n) is 10.5. The molecular formula is C25H30N2OS. The molecule has 152 valence electrons. The lowest BCUT2D eigenvalue weighted by atomic mass is 9.89. The molecule has 0 saturated heterocycles. The quantitative estimate of drug-likeness (QED) is 0.643. The van der Waals surface area contributed by atoms with Gasteiger partial charge in [0.25, 0.3) is 0 Å². The van der Waals surface area contributed by atoms with E-state index >= 15 is 0 Å². The summed E-state index contributed by atoms with van der Waals surface area (Å²) in [6.45, 7) is 0.982. The minimum atomic E-state index is 0.345. The zero-order chi connectivity index (χ0) is 20.1. The second-order valence-electron chi connectivity index (χ2n) is 7.94. The largest absolute Gasteiger partial charge is 0.497 e. The fourth-order valence-electron chi connectivity index (χ4n) is 4.20. The van der Waals surface area contributed by atoms with Gasteiger partial charge < -0.3 is 15.8 Å². The van der Waals surface area contributed by atoms with Gasteiger partial charge in [0, 0.05) is 18.2 Å². The smallest absolute Gasteiger partial charge is 0.118 e. The van der Waals surface area contributed by atoms with Crippen molar-refractivity contribution in [1.29, 1.82) is 0 Å². The van der Waals surface area contributed by atoms with Crippen LogP contribution in [0.4, 0.5) is 0 Å². The number of allylic oxidation sites excluding steroid dienone is 2. The van der Waals surface area contributed by atoms with Crippen molar-refractivity contribution in [3.63, 3.8) is 0 Å². The van der Waals surface area contributed by atoms with E-state index in [2.05, 4.69) is 71.4 Å². The lowest BCUT2D eigenvalue weighted by molar-refractivity contribution is 0.414. The van der Waals surface area contributed by atoms with Gasteiger partial charge in [0.1, 0.15) is 5.75 Å². The van der Waals surface area contributed by atoms with Crippen molar-refractivity contribution in [3.05, 3.63) is 87.9 Å². The zero-order valence-electron chi connectivity index (χ0n) is 17.0. The van der Waals surface area contributed by atoms with Crippen molar-refractivity contribution in [2.45, 2.75) is 37.5 Å². The number of methoxy groups -OCH3 is 1. The molecule has 1 heterocycles. The summed E-state index contributed by atoms with van der Waals surface area (Å²) in [5, 5.41) is 6.84. The Morgan fingerprint density at radius 3 is 2.69 bits per heavy atom. The molecule has 1 aliphatic carbocycles. The van der Waals surface area contributed by atoms with Gasteiger partial charge in [0.05, 0.1) is 12.1 Å². The van der Waals surface area contributed by atoms with Gasteiger partial charge in [-0.3, -0.25) is 0 Å². The molecule has 3 atom stereocenters. The summed E-state index contributed by atoms with van der Waals surface area (Å²) in [5.41, 5.74) is 10.3. The molecule has 0 radical (unpaired) electrons. The van der Waals surface area contributed by atoms with Crippen LogP contribution in [0.15, 0.2) is 76.8 Å². The highest BCUT2D eigenvalue weighted by atomic mass is 32.2. The van der Waals surface area contributed by atoms with Crippen molar-refractivity contribution in [3.8, 4) is 5.75 Å². The number of thioether (sulfide) groups is 1. The molecule has 0 amide bonds. The van der Waals surface area contributed by atoms with E-state index in [-0.39, 0.29) is 0 Å². The van der Waals surface area contributed by atoms with Gasteiger partial charge in [-0.1, -0.05) is 60.3 Å². The molecule has 0 aromatic heterocycles. The average Bonchev–Trinajstić information content (AvgIpc) is 3.52. The Hall–Kier alpha value is -2.33. The van der Waals surface area contributed by atoms with Crippen LogP contribution in [0.1, 0.15) is 48.6 Å². The topological polar surface area (TPSA) is 47.3 Å². The SMILES string of the molecule is COc1ccc(C(CC2CC2c2ccccc2)/C2=C/S/C(N)=C\CCCN2)cc1. The Balaban J connectivity index is 1.57. The molecule has 2 aromatic rings. The number of rotatable bonds is 6. The van der Waals surface area contributed by atoms with Crippen LogP contribution in [0, 0.1) is 5.92 Å². The van der Waals surface area contributed by atoms with E-state index < -0.39 is 0 Å². The molecule has 4 rings (SSSR count). The minimum absolute atomic E-state index is 0.345. The van der Waals surface area contributed by atoms with Crippen molar-refractivity contribution in [2.75, 3.05) is 13.7 Å². The maximum atomic E-state index is 6.16. The van der Waals surface area contributed by atoms with E-state index in [0.29, 0.717) is 11.8 Å². The second-order valence-corrected chi connectivity index (χ2v) is 8.88. The van der Waals surface area contributed by atoms with E-state index in [9.17, 15) is 0 Å². The molecule has 1 aliphatic heterocycles. The molecule has 1 saturated carbocycles. The molecule has 0 spiro atoms. The van der Waals surface area contributed by atoms with Crippen molar-refractivity contribution in [1.82, 2.24) is 5.32 Å².